The largest absolute Gasteiger partial charge is 0.298 e. The second-order valence-electron chi connectivity index (χ2n) is 5.83. The van der Waals surface area contributed by atoms with E-state index in [-0.39, 0.29) is 0 Å². The minimum atomic E-state index is -3.35. The number of fused-ring (bicyclic) bond motifs is 1. The molecule has 2 aliphatic heterocycles. The third-order valence-corrected chi connectivity index (χ3v) is 7.04. The van der Waals surface area contributed by atoms with E-state index in [2.05, 4.69) is 20.8 Å². The summed E-state index contributed by atoms with van der Waals surface area (Å²) in [4.78, 5) is 2.86. The molecule has 0 amide bonds. The highest BCUT2D eigenvalue weighted by Gasteiger charge is 2.34. The first-order valence-corrected chi connectivity index (χ1v) is 10.1. The number of piperidine rings is 1. The van der Waals surface area contributed by atoms with Gasteiger partial charge in [-0.25, -0.2) is 8.42 Å². The van der Waals surface area contributed by atoms with Gasteiger partial charge in [-0.1, -0.05) is 34.5 Å². The molecule has 3 rings (SSSR count). The topological polar surface area (TPSA) is 40.6 Å². The molecule has 0 bridgehead atoms. The van der Waals surface area contributed by atoms with Crippen molar-refractivity contribution in [2.24, 2.45) is 0 Å². The van der Waals surface area contributed by atoms with Gasteiger partial charge in [0, 0.05) is 31.0 Å². The number of piperazine rings is 1. The van der Waals surface area contributed by atoms with E-state index in [1.807, 2.05) is 12.1 Å². The Labute approximate surface area is 135 Å². The molecule has 1 aromatic rings. The highest BCUT2D eigenvalue weighted by Crippen LogP contribution is 2.25. The van der Waals surface area contributed by atoms with Gasteiger partial charge in [-0.05, 0) is 37.1 Å². The normalized spacial score (nSPS) is 24.7. The van der Waals surface area contributed by atoms with Gasteiger partial charge in [-0.15, -0.1) is 0 Å². The lowest BCUT2D eigenvalue weighted by Gasteiger charge is -2.43. The number of halogens is 1. The van der Waals surface area contributed by atoms with Gasteiger partial charge in [0.05, 0.1) is 4.90 Å². The lowest BCUT2D eigenvalue weighted by molar-refractivity contribution is 0.0852. The fourth-order valence-corrected chi connectivity index (χ4v) is 5.09. The lowest BCUT2D eigenvalue weighted by atomic mass is 10.0. The number of hydrogen-bond acceptors (Lipinski definition) is 3. The molecular weight excluding hydrogens is 352 g/mol. The van der Waals surface area contributed by atoms with Gasteiger partial charge >= 0.3 is 0 Å². The van der Waals surface area contributed by atoms with Crippen LogP contribution < -0.4 is 0 Å². The van der Waals surface area contributed by atoms with Crippen LogP contribution in [0.25, 0.3) is 0 Å². The highest BCUT2D eigenvalue weighted by atomic mass is 79.9. The fourth-order valence-electron chi connectivity index (χ4n) is 3.25. The van der Waals surface area contributed by atoms with Crippen LogP contribution in [-0.2, 0) is 15.4 Å². The van der Waals surface area contributed by atoms with E-state index < -0.39 is 10.0 Å². The molecule has 0 aliphatic carbocycles. The van der Waals surface area contributed by atoms with E-state index in [0.29, 0.717) is 24.0 Å². The monoisotopic (exact) mass is 372 g/mol. The summed E-state index contributed by atoms with van der Waals surface area (Å²) in [7, 11) is -3.35. The number of nitrogens with zero attached hydrogens (tertiary/aromatic N) is 2. The summed E-state index contributed by atoms with van der Waals surface area (Å²) in [5.41, 5.74) is 1.09. The summed E-state index contributed by atoms with van der Waals surface area (Å²) in [6.45, 7) is 3.24. The molecule has 2 aliphatic rings. The zero-order chi connectivity index (χ0) is 14.9. The van der Waals surface area contributed by atoms with E-state index in [4.69, 9.17) is 0 Å². The van der Waals surface area contributed by atoms with Crippen LogP contribution >= 0.6 is 15.9 Å². The Bertz CT molecular complexity index is 588. The Hall–Kier alpha value is -0.430. The van der Waals surface area contributed by atoms with Crippen molar-refractivity contribution in [3.8, 4) is 0 Å². The summed E-state index contributed by atoms with van der Waals surface area (Å²) in [6, 6.07) is 7.60. The van der Waals surface area contributed by atoms with Crippen LogP contribution in [-0.4, -0.2) is 49.8 Å². The smallest absolute Gasteiger partial charge is 0.243 e. The minimum Gasteiger partial charge on any atom is -0.298 e. The van der Waals surface area contributed by atoms with E-state index in [1.165, 1.54) is 12.8 Å². The zero-order valence-electron chi connectivity index (χ0n) is 12.0. The molecule has 1 atom stereocenters. The van der Waals surface area contributed by atoms with Crippen LogP contribution in [0.1, 0.15) is 24.8 Å². The third kappa shape index (κ3) is 3.18. The second-order valence-corrected chi connectivity index (χ2v) is 8.32. The zero-order valence-corrected chi connectivity index (χ0v) is 14.4. The van der Waals surface area contributed by atoms with Crippen molar-refractivity contribution in [2.75, 3.05) is 26.2 Å². The lowest BCUT2D eigenvalue weighted by Crippen LogP contribution is -2.56. The molecule has 0 N–H and O–H groups in total. The molecule has 6 heteroatoms. The third-order valence-electron chi connectivity index (χ3n) is 4.52. The maximum absolute atomic E-state index is 12.8. The average Bonchev–Trinajstić information content (AvgIpc) is 2.54. The molecule has 116 valence electrons. The Morgan fingerprint density at radius 2 is 1.86 bits per heavy atom. The first-order chi connectivity index (χ1) is 10.1. The first-order valence-electron chi connectivity index (χ1n) is 7.50. The summed E-state index contributed by atoms with van der Waals surface area (Å²) in [5, 5.41) is 0.744. The Kier molecular flexibility index (Phi) is 4.69. The maximum atomic E-state index is 12.8. The summed E-state index contributed by atoms with van der Waals surface area (Å²) < 4.78 is 27.2. The maximum Gasteiger partial charge on any atom is 0.243 e. The van der Waals surface area contributed by atoms with Crippen molar-refractivity contribution in [1.29, 1.82) is 0 Å². The van der Waals surface area contributed by atoms with Crippen LogP contribution in [0, 0.1) is 0 Å². The van der Waals surface area contributed by atoms with E-state index >= 15 is 0 Å². The predicted octanol–water partition coefficient (Wildman–Crippen LogP) is 2.44. The van der Waals surface area contributed by atoms with Crippen molar-refractivity contribution < 1.29 is 8.42 Å². The van der Waals surface area contributed by atoms with Gasteiger partial charge in [0.15, 0.2) is 0 Å². The quantitative estimate of drug-likeness (QED) is 0.765. The SMILES string of the molecule is O=S(=O)(c1ccc(CBr)cc1)N1CCN2CCCCC2C1. The summed E-state index contributed by atoms with van der Waals surface area (Å²) in [5.74, 6) is 0. The van der Waals surface area contributed by atoms with E-state index in [0.717, 1.165) is 30.4 Å². The molecule has 0 aromatic heterocycles. The number of hydrogen-bond donors (Lipinski definition) is 0. The number of rotatable bonds is 3. The molecule has 2 fully saturated rings. The molecule has 0 spiro atoms. The van der Waals surface area contributed by atoms with Crippen molar-refractivity contribution >= 4 is 26.0 Å². The molecule has 1 unspecified atom stereocenters. The van der Waals surface area contributed by atoms with Gasteiger partial charge in [0.25, 0.3) is 0 Å². The van der Waals surface area contributed by atoms with Gasteiger partial charge in [-0.2, -0.15) is 4.31 Å². The van der Waals surface area contributed by atoms with Crippen LogP contribution in [0.5, 0.6) is 0 Å². The predicted molar refractivity (Wildman–Crippen MR) is 87.0 cm³/mol. The van der Waals surface area contributed by atoms with Crippen LogP contribution in [0.15, 0.2) is 29.2 Å². The molecule has 2 heterocycles. The molecule has 21 heavy (non-hydrogen) atoms. The fraction of sp³-hybridized carbons (Fsp3) is 0.600. The van der Waals surface area contributed by atoms with Crippen LogP contribution in [0.4, 0.5) is 0 Å². The Balaban J connectivity index is 1.78. The van der Waals surface area contributed by atoms with Crippen LogP contribution in [0.3, 0.4) is 0 Å². The highest BCUT2D eigenvalue weighted by molar-refractivity contribution is 9.08. The minimum absolute atomic E-state index is 0.407. The summed E-state index contributed by atoms with van der Waals surface area (Å²) >= 11 is 3.38. The summed E-state index contributed by atoms with van der Waals surface area (Å²) in [6.07, 6.45) is 3.58. The Morgan fingerprint density at radius 3 is 2.57 bits per heavy atom. The van der Waals surface area contributed by atoms with Crippen molar-refractivity contribution in [1.82, 2.24) is 9.21 Å². The van der Waals surface area contributed by atoms with Gasteiger partial charge in [-0.3, -0.25) is 4.90 Å². The Morgan fingerprint density at radius 1 is 1.10 bits per heavy atom. The number of benzene rings is 1. The molecule has 4 nitrogen and oxygen atoms in total. The van der Waals surface area contributed by atoms with Crippen LogP contribution in [0.2, 0.25) is 0 Å². The molecule has 0 saturated carbocycles. The van der Waals surface area contributed by atoms with E-state index in [9.17, 15) is 8.42 Å². The number of alkyl halides is 1. The number of sulfonamides is 1. The van der Waals surface area contributed by atoms with Crippen molar-refractivity contribution in [2.45, 2.75) is 35.5 Å². The van der Waals surface area contributed by atoms with Gasteiger partial charge < -0.3 is 0 Å². The van der Waals surface area contributed by atoms with Gasteiger partial charge in [0.1, 0.15) is 0 Å². The molecule has 2 saturated heterocycles. The second kappa shape index (κ2) is 6.36. The van der Waals surface area contributed by atoms with Crippen molar-refractivity contribution in [3.05, 3.63) is 29.8 Å². The molecular formula is C15H21BrN2O2S. The van der Waals surface area contributed by atoms with E-state index in [1.54, 1.807) is 16.4 Å². The molecule has 0 radical (unpaired) electrons. The average molecular weight is 373 g/mol. The van der Waals surface area contributed by atoms with Crippen molar-refractivity contribution in [3.63, 3.8) is 0 Å². The molecule has 1 aromatic carbocycles. The standard InChI is InChI=1S/C15H21BrN2O2S/c16-11-13-4-6-15(7-5-13)21(19,20)18-10-9-17-8-2-1-3-14(17)12-18/h4-7,14H,1-3,8-12H2. The first kappa shape index (κ1) is 15.5. The van der Waals surface area contributed by atoms with Gasteiger partial charge in [0.2, 0.25) is 10.0 Å².